The van der Waals surface area contributed by atoms with Gasteiger partial charge in [0.2, 0.25) is 0 Å². The van der Waals surface area contributed by atoms with Gasteiger partial charge in [0, 0.05) is 0 Å². The zero-order valence-electron chi connectivity index (χ0n) is 19.9. The molecule has 0 unspecified atom stereocenters. The van der Waals surface area contributed by atoms with Gasteiger partial charge in [-0.2, -0.15) is 0 Å². The zero-order chi connectivity index (χ0) is 22.1. The van der Waals surface area contributed by atoms with E-state index in [1.54, 1.807) is 0 Å². The Kier molecular flexibility index (Phi) is 8.42. The van der Waals surface area contributed by atoms with E-state index in [0.717, 1.165) is 12.2 Å². The van der Waals surface area contributed by atoms with Crippen LogP contribution in [0.5, 0.6) is 5.75 Å². The summed E-state index contributed by atoms with van der Waals surface area (Å²) in [5.41, 5.74) is 2.60. The fourth-order valence-electron chi connectivity index (χ4n) is 4.81. The summed E-state index contributed by atoms with van der Waals surface area (Å²) in [6.07, 6.45) is 5.36. The monoisotopic (exact) mass is 516 g/mol. The predicted octanol–water partition coefficient (Wildman–Crippen LogP) is 7.13. The second kappa shape index (κ2) is 10.2. The van der Waals surface area contributed by atoms with Crippen LogP contribution in [-0.4, -0.2) is 4.82 Å². The van der Waals surface area contributed by atoms with Crippen molar-refractivity contribution in [2.45, 2.75) is 39.5 Å². The topological polar surface area (TPSA) is 9.23 Å². The molecule has 4 heteroatoms. The van der Waals surface area contributed by atoms with Crippen molar-refractivity contribution in [3.05, 3.63) is 112 Å². The average molecular weight is 517 g/mol. The normalized spacial score (nSPS) is 13.8. The summed E-state index contributed by atoms with van der Waals surface area (Å²) in [5.74, 6) is 0.902. The van der Waals surface area contributed by atoms with E-state index in [1.165, 1.54) is 22.8 Å². The van der Waals surface area contributed by atoms with Crippen LogP contribution in [0.4, 0.5) is 0 Å². The van der Waals surface area contributed by atoms with E-state index in [-0.39, 0.29) is 30.2 Å². The molecule has 0 bridgehead atoms. The van der Waals surface area contributed by atoms with Crippen molar-refractivity contribution in [3.63, 3.8) is 0 Å². The Morgan fingerprint density at radius 1 is 0.788 bits per heavy atom. The molecule has 0 amide bonds. The van der Waals surface area contributed by atoms with Gasteiger partial charge < -0.3 is 0 Å². The number of halogens is 2. The molecular weight excluding hydrogens is 483 g/mol. The molecule has 0 radical (unpaired) electrons. The summed E-state index contributed by atoms with van der Waals surface area (Å²) in [6, 6.07) is 30.0. The van der Waals surface area contributed by atoms with Crippen LogP contribution in [0.15, 0.2) is 107 Å². The van der Waals surface area contributed by atoms with Crippen LogP contribution >= 0.6 is 24.8 Å². The summed E-state index contributed by atoms with van der Waals surface area (Å²) >= 11 is -4.40. The summed E-state index contributed by atoms with van der Waals surface area (Å²) in [5, 5.41) is 0. The molecule has 1 nitrogen and oxygen atoms in total. The maximum atomic E-state index is 7.33. The molecule has 4 rings (SSSR count). The minimum absolute atomic E-state index is 0. The molecule has 0 spiro atoms. The molecule has 0 heterocycles. The van der Waals surface area contributed by atoms with Gasteiger partial charge >= 0.3 is 188 Å². The third kappa shape index (κ3) is 4.84. The molecule has 1 aliphatic carbocycles. The first-order chi connectivity index (χ1) is 14.7. The van der Waals surface area contributed by atoms with E-state index >= 15 is 0 Å². The van der Waals surface area contributed by atoms with Crippen LogP contribution in [0.25, 0.3) is 0 Å². The molecule has 0 atom stereocenters. The van der Waals surface area contributed by atoms with Crippen molar-refractivity contribution < 1.29 is 18.5 Å². The molecule has 33 heavy (non-hydrogen) atoms. The molecule has 0 N–H and O–H groups in total. The second-order valence-electron chi connectivity index (χ2n) is 9.74. The third-order valence-corrected chi connectivity index (χ3v) is 15.5. The molecule has 3 aromatic rings. The molecular formula is C29H34Cl2OTi. The van der Waals surface area contributed by atoms with E-state index < -0.39 is 15.2 Å². The van der Waals surface area contributed by atoms with Gasteiger partial charge in [-0.05, 0) is 0 Å². The number of hydrogen-bond donors (Lipinski definition) is 0. The first-order valence-corrected chi connectivity index (χ1v) is 15.1. The van der Waals surface area contributed by atoms with Crippen molar-refractivity contribution in [2.75, 3.05) is 0 Å². The Labute approximate surface area is 212 Å². The summed E-state index contributed by atoms with van der Waals surface area (Å²) in [7, 11) is 0. The fourth-order valence-corrected chi connectivity index (χ4v) is 13.1. The first-order valence-electron chi connectivity index (χ1n) is 11.0. The summed E-state index contributed by atoms with van der Waals surface area (Å²) in [4.78, 5) is 5.13. The number of allylic oxidation sites excluding steroid dienone is 4. The van der Waals surface area contributed by atoms with Crippen molar-refractivity contribution in [3.8, 4) is 5.75 Å². The third-order valence-electron chi connectivity index (χ3n) is 6.62. The zero-order valence-corrected chi connectivity index (χ0v) is 23.1. The van der Waals surface area contributed by atoms with Crippen LogP contribution < -0.4 is 11.1 Å². The van der Waals surface area contributed by atoms with Gasteiger partial charge in [-0.15, -0.1) is 24.8 Å². The van der Waals surface area contributed by atoms with E-state index in [9.17, 15) is 0 Å². The predicted molar refractivity (Wildman–Crippen MR) is 146 cm³/mol. The van der Waals surface area contributed by atoms with Gasteiger partial charge in [-0.25, -0.2) is 0 Å². The number of hydrogen-bond acceptors (Lipinski definition) is 1. The standard InChI is InChI=1S/C10H14O.C6H7.2C6H5.CH2.2ClH.Ti/c1-10(2,3)8-5-4-6-9(11)7-8;1-6-4-2-3-5-6;2*1-2-4-6-5-3-1;;;;/h4-7,11H,1-3H3;2,4H,3H2,1H3;2*1-5H;1H2;2*1H;/q;;;;;;;+1/p-1. The van der Waals surface area contributed by atoms with Crippen molar-refractivity contribution in [2.24, 2.45) is 0 Å². The molecule has 3 aromatic carbocycles. The van der Waals surface area contributed by atoms with Gasteiger partial charge in [-0.3, -0.25) is 0 Å². The Morgan fingerprint density at radius 3 is 1.79 bits per heavy atom. The van der Waals surface area contributed by atoms with Crippen LogP contribution in [0, 0.1) is 0 Å². The number of rotatable bonds is 5. The fraction of sp³-hybridized carbons (Fsp3) is 0.207. The second-order valence-corrected chi connectivity index (χ2v) is 17.0. The van der Waals surface area contributed by atoms with Gasteiger partial charge in [0.25, 0.3) is 0 Å². The van der Waals surface area contributed by atoms with Gasteiger partial charge in [-0.1, -0.05) is 0 Å². The van der Waals surface area contributed by atoms with Crippen LogP contribution in [0.1, 0.15) is 39.7 Å². The van der Waals surface area contributed by atoms with Gasteiger partial charge in [0.05, 0.1) is 0 Å². The molecule has 174 valence electrons. The maximum absolute atomic E-state index is 7.33. The molecule has 1 aliphatic rings. The number of benzene rings is 3. The minimum atomic E-state index is -4.40. The SMILES string of the molecule is Cl.Cl.[CH2]=[Ti]([O]c1cccc(C(C)(C)C)c1)([C]1=C(C)C=CC1)([c]1ccccc1)[c]1ccccc1. The van der Waals surface area contributed by atoms with E-state index in [2.05, 4.69) is 125 Å². The van der Waals surface area contributed by atoms with Crippen LogP contribution in [0.3, 0.4) is 0 Å². The molecule has 0 aromatic heterocycles. The summed E-state index contributed by atoms with van der Waals surface area (Å²) < 4.78 is 11.1. The first kappa shape index (κ1) is 27.3. The Bertz CT molecular complexity index is 1180. The van der Waals surface area contributed by atoms with E-state index in [0.29, 0.717) is 0 Å². The van der Waals surface area contributed by atoms with Gasteiger partial charge in [0.1, 0.15) is 0 Å². The molecule has 0 fully saturated rings. The summed E-state index contributed by atoms with van der Waals surface area (Å²) in [6.45, 7) is 8.92. The van der Waals surface area contributed by atoms with Crippen molar-refractivity contribution >= 4 is 37.4 Å². The Hall–Kier alpha value is -1.90. The van der Waals surface area contributed by atoms with E-state index in [4.69, 9.17) is 8.14 Å². The molecule has 0 saturated carbocycles. The van der Waals surface area contributed by atoms with E-state index in [1.807, 2.05) is 0 Å². The van der Waals surface area contributed by atoms with Crippen LogP contribution in [-0.2, 0) is 20.6 Å². The Balaban J connectivity index is 0.00000193. The molecule has 0 aliphatic heterocycles. The van der Waals surface area contributed by atoms with Gasteiger partial charge in [0.15, 0.2) is 0 Å². The quantitative estimate of drug-likeness (QED) is 0.328. The van der Waals surface area contributed by atoms with Crippen molar-refractivity contribution in [1.82, 2.24) is 0 Å². The Morgan fingerprint density at radius 2 is 1.33 bits per heavy atom. The molecule has 0 saturated heterocycles. The average Bonchev–Trinajstić information content (AvgIpc) is 3.22. The van der Waals surface area contributed by atoms with Crippen molar-refractivity contribution in [1.29, 1.82) is 0 Å². The van der Waals surface area contributed by atoms with Crippen LogP contribution in [0.2, 0.25) is 0 Å².